The van der Waals surface area contributed by atoms with Crippen molar-refractivity contribution in [1.82, 2.24) is 4.98 Å². The van der Waals surface area contributed by atoms with Gasteiger partial charge in [0.1, 0.15) is 0 Å². The van der Waals surface area contributed by atoms with Crippen molar-refractivity contribution in [3.63, 3.8) is 0 Å². The van der Waals surface area contributed by atoms with Crippen molar-refractivity contribution < 1.29 is 51.0 Å². The molecule has 0 atom stereocenters. The van der Waals surface area contributed by atoms with Crippen molar-refractivity contribution in [3.05, 3.63) is 51.3 Å². The molecule has 0 fully saturated rings. The maximum atomic E-state index is 3.44. The summed E-state index contributed by atoms with van der Waals surface area (Å²) in [4.78, 5) is 3.44. The Hall–Kier alpha value is 0.0931. The van der Waals surface area contributed by atoms with Gasteiger partial charge in [-0.05, 0) is 5.41 Å². The minimum Gasteiger partial charge on any atom is -1.00 e. The molecule has 4 heteroatoms. The second-order valence-corrected chi connectivity index (χ2v) is 8.83. The SMILES string of the molecule is CC(C)(C)c1[c-]cc(C(C)(C)C)[nH]1.Cc1c(C)c(C)[c-](C)c1C.[Cl-].[Cl-].[Zr+4]. The van der Waals surface area contributed by atoms with Crippen LogP contribution in [0.2, 0.25) is 0 Å². The van der Waals surface area contributed by atoms with Crippen molar-refractivity contribution >= 4 is 0 Å². The average molecular weight is 476 g/mol. The van der Waals surface area contributed by atoms with Gasteiger partial charge in [-0.3, -0.25) is 0 Å². The van der Waals surface area contributed by atoms with Gasteiger partial charge in [-0.25, -0.2) is 12.1 Å². The summed E-state index contributed by atoms with van der Waals surface area (Å²) in [5.74, 6) is 0. The Morgan fingerprint density at radius 3 is 1.35 bits per heavy atom. The zero-order chi connectivity index (χ0) is 18.2. The fraction of sp³-hybridized carbons (Fsp3) is 0.591. The average Bonchev–Trinajstić information content (AvgIpc) is 2.98. The van der Waals surface area contributed by atoms with Crippen molar-refractivity contribution in [3.8, 4) is 0 Å². The van der Waals surface area contributed by atoms with Crippen LogP contribution in [0.25, 0.3) is 0 Å². The molecule has 2 rings (SSSR count). The third-order valence-electron chi connectivity index (χ3n) is 4.99. The summed E-state index contributed by atoms with van der Waals surface area (Å²) >= 11 is 0. The first-order valence-corrected chi connectivity index (χ1v) is 8.58. The molecule has 1 N–H and O–H groups in total. The summed E-state index contributed by atoms with van der Waals surface area (Å²) in [5.41, 5.74) is 10.2. The number of aromatic amines is 1. The summed E-state index contributed by atoms with van der Waals surface area (Å²) in [6.07, 6.45) is 0. The Kier molecular flexibility index (Phi) is 13.2. The topological polar surface area (TPSA) is 15.8 Å². The van der Waals surface area contributed by atoms with Gasteiger partial charge in [0.05, 0.1) is 0 Å². The van der Waals surface area contributed by atoms with Crippen LogP contribution in [0, 0.1) is 40.7 Å². The number of H-pyrrole nitrogens is 1. The van der Waals surface area contributed by atoms with E-state index in [-0.39, 0.29) is 61.8 Å². The van der Waals surface area contributed by atoms with E-state index in [9.17, 15) is 0 Å². The number of halogens is 2. The maximum absolute atomic E-state index is 3.44. The number of hydrogen-bond donors (Lipinski definition) is 1. The minimum atomic E-state index is 0. The first-order valence-electron chi connectivity index (χ1n) is 8.58. The van der Waals surface area contributed by atoms with Crippen LogP contribution in [0.4, 0.5) is 0 Å². The van der Waals surface area contributed by atoms with E-state index in [2.05, 4.69) is 93.3 Å². The molecule has 0 aliphatic rings. The first kappa shape index (κ1) is 30.8. The Bertz CT molecular complexity index is 559. The molecule has 26 heavy (non-hydrogen) atoms. The fourth-order valence-electron chi connectivity index (χ4n) is 2.57. The van der Waals surface area contributed by atoms with Crippen molar-refractivity contribution in [2.45, 2.75) is 87.0 Å². The molecule has 146 valence electrons. The van der Waals surface area contributed by atoms with Crippen molar-refractivity contribution in [1.29, 1.82) is 0 Å². The Morgan fingerprint density at radius 2 is 1.19 bits per heavy atom. The largest absolute Gasteiger partial charge is 4.00 e. The van der Waals surface area contributed by atoms with E-state index in [4.69, 9.17) is 0 Å². The molecule has 0 spiro atoms. The van der Waals surface area contributed by atoms with Crippen molar-refractivity contribution in [2.24, 2.45) is 0 Å². The molecule has 0 saturated carbocycles. The van der Waals surface area contributed by atoms with Crippen molar-refractivity contribution in [2.75, 3.05) is 0 Å². The van der Waals surface area contributed by atoms with Gasteiger partial charge < -0.3 is 29.8 Å². The molecule has 1 heterocycles. The molecule has 2 aromatic rings. The molecular weight excluding hydrogens is 440 g/mol. The number of rotatable bonds is 0. The molecule has 1 aromatic heterocycles. The molecule has 0 aliphatic carbocycles. The summed E-state index contributed by atoms with van der Waals surface area (Å²) in [6, 6.07) is 5.37. The van der Waals surface area contributed by atoms with E-state index in [0.29, 0.717) is 0 Å². The third kappa shape index (κ3) is 7.61. The van der Waals surface area contributed by atoms with E-state index in [1.54, 1.807) is 0 Å². The van der Waals surface area contributed by atoms with E-state index in [0.717, 1.165) is 0 Å². The molecular formula is C22H35Cl2NZr. The molecule has 0 radical (unpaired) electrons. The van der Waals surface area contributed by atoms with Gasteiger partial charge in [0, 0.05) is 0 Å². The maximum Gasteiger partial charge on any atom is 4.00 e. The standard InChI is InChI=1S/C12H20N.C10H15.2ClH.Zr/c1-11(2,3)9-7-8-10(13-9)12(4,5)6;1-6-7(2)9(4)10(5)8(6)3;;;/h7,13H,1-6H3;1-5H3;2*1H;/q2*-1;;;+4/p-2. The molecule has 0 unspecified atom stereocenters. The van der Waals surface area contributed by atoms with Gasteiger partial charge in [-0.15, -0.1) is 5.69 Å². The summed E-state index contributed by atoms with van der Waals surface area (Å²) in [5, 5.41) is 0. The van der Waals surface area contributed by atoms with E-state index in [1.807, 2.05) is 0 Å². The van der Waals surface area contributed by atoms with E-state index >= 15 is 0 Å². The van der Waals surface area contributed by atoms with Gasteiger partial charge in [-0.2, -0.15) is 27.8 Å². The number of hydrogen-bond acceptors (Lipinski definition) is 0. The Balaban J connectivity index is -0.000000374. The second-order valence-electron chi connectivity index (χ2n) is 8.83. The summed E-state index contributed by atoms with van der Waals surface area (Å²) < 4.78 is 0. The van der Waals surface area contributed by atoms with Gasteiger partial charge in [0.25, 0.3) is 0 Å². The van der Waals surface area contributed by atoms with E-state index < -0.39 is 0 Å². The van der Waals surface area contributed by atoms with E-state index in [1.165, 1.54) is 39.2 Å². The fourth-order valence-corrected chi connectivity index (χ4v) is 2.57. The quantitative estimate of drug-likeness (QED) is 0.530. The van der Waals surface area contributed by atoms with Crippen LogP contribution >= 0.6 is 0 Å². The zero-order valence-corrected chi connectivity index (χ0v) is 22.3. The van der Waals surface area contributed by atoms with Crippen LogP contribution in [0.1, 0.15) is 80.7 Å². The predicted molar refractivity (Wildman–Crippen MR) is 103 cm³/mol. The molecule has 1 nitrogen and oxygen atoms in total. The molecule has 0 bridgehead atoms. The number of nitrogens with one attached hydrogen (secondary N) is 1. The molecule has 1 aromatic carbocycles. The van der Waals surface area contributed by atoms with Crippen LogP contribution in [0.15, 0.2) is 6.07 Å². The minimum absolute atomic E-state index is 0. The van der Waals surface area contributed by atoms with Crippen LogP contribution in [-0.2, 0) is 37.0 Å². The smallest absolute Gasteiger partial charge is 1.00 e. The summed E-state index contributed by atoms with van der Waals surface area (Å²) in [7, 11) is 0. The van der Waals surface area contributed by atoms with Gasteiger partial charge in [0.2, 0.25) is 0 Å². The Labute approximate surface area is 193 Å². The van der Waals surface area contributed by atoms with Crippen LogP contribution in [0.3, 0.4) is 0 Å². The Morgan fingerprint density at radius 1 is 0.808 bits per heavy atom. The zero-order valence-electron chi connectivity index (χ0n) is 18.3. The predicted octanol–water partition coefficient (Wildman–Crippen LogP) is 0.363. The van der Waals surface area contributed by atoms with Crippen LogP contribution in [-0.4, -0.2) is 4.98 Å². The normalized spacial score (nSPS) is 10.7. The third-order valence-corrected chi connectivity index (χ3v) is 4.99. The second kappa shape index (κ2) is 11.2. The first-order chi connectivity index (χ1) is 10.3. The number of aromatic nitrogens is 1. The molecule has 0 amide bonds. The van der Waals surface area contributed by atoms with Gasteiger partial charge in [-0.1, -0.05) is 87.3 Å². The van der Waals surface area contributed by atoms with Gasteiger partial charge >= 0.3 is 26.2 Å². The summed E-state index contributed by atoms with van der Waals surface area (Å²) in [6.45, 7) is 24.2. The van der Waals surface area contributed by atoms with Crippen LogP contribution < -0.4 is 24.8 Å². The van der Waals surface area contributed by atoms with Crippen LogP contribution in [0.5, 0.6) is 0 Å². The molecule has 0 saturated heterocycles. The monoisotopic (exact) mass is 473 g/mol. The molecule has 0 aliphatic heterocycles. The van der Waals surface area contributed by atoms with Gasteiger partial charge in [0.15, 0.2) is 0 Å².